The molecule has 31 heavy (non-hydrogen) atoms. The summed E-state index contributed by atoms with van der Waals surface area (Å²) in [4.78, 5) is 34.3. The second-order valence-electron chi connectivity index (χ2n) is 8.96. The van der Waals surface area contributed by atoms with Crippen LogP contribution in [0.15, 0.2) is 35.3 Å². The van der Waals surface area contributed by atoms with E-state index in [1.165, 1.54) is 12.8 Å². The molecule has 3 aromatic rings. The van der Waals surface area contributed by atoms with Crippen molar-refractivity contribution < 1.29 is 4.79 Å². The van der Waals surface area contributed by atoms with Gasteiger partial charge in [0.2, 0.25) is 0 Å². The minimum Gasteiger partial charge on any atom is -0.310 e. The maximum Gasteiger partial charge on any atom is 0.262 e. The van der Waals surface area contributed by atoms with Crippen molar-refractivity contribution in [1.82, 2.24) is 24.6 Å². The molecule has 5 rings (SSSR count). The Morgan fingerprint density at radius 1 is 1.19 bits per heavy atom. The smallest absolute Gasteiger partial charge is 0.262 e. The lowest BCUT2D eigenvalue weighted by Gasteiger charge is -2.16. The Morgan fingerprint density at radius 2 is 1.94 bits per heavy atom. The Labute approximate surface area is 185 Å². The molecule has 3 heterocycles. The summed E-state index contributed by atoms with van der Waals surface area (Å²) in [6.07, 6.45) is 6.26. The number of likely N-dealkylation sites (tertiary alicyclic amines) is 1. The Morgan fingerprint density at radius 3 is 2.65 bits per heavy atom. The van der Waals surface area contributed by atoms with Crippen molar-refractivity contribution in [2.24, 2.45) is 5.92 Å². The zero-order valence-corrected chi connectivity index (χ0v) is 18.3. The third kappa shape index (κ3) is 3.92. The van der Waals surface area contributed by atoms with Gasteiger partial charge in [0, 0.05) is 31.1 Å². The van der Waals surface area contributed by atoms with Crippen LogP contribution >= 0.6 is 11.6 Å². The van der Waals surface area contributed by atoms with Gasteiger partial charge in [-0.1, -0.05) is 31.9 Å². The van der Waals surface area contributed by atoms with Gasteiger partial charge in [0.05, 0.1) is 12.2 Å². The van der Waals surface area contributed by atoms with Crippen LogP contribution in [0, 0.1) is 5.92 Å². The average molecular weight is 440 g/mol. The average Bonchev–Trinajstić information content (AvgIpc) is 3.48. The number of hydrogen-bond acceptors (Lipinski definition) is 5. The molecule has 0 amide bonds. The molecule has 7 nitrogen and oxygen atoms in total. The summed E-state index contributed by atoms with van der Waals surface area (Å²) >= 11 is 5.54. The second kappa shape index (κ2) is 8.20. The Kier molecular flexibility index (Phi) is 5.40. The maximum absolute atomic E-state index is 12.7. The monoisotopic (exact) mass is 439 g/mol. The molecule has 162 valence electrons. The molecule has 1 saturated carbocycles. The number of carbonyl (C=O) groups is 1. The zero-order chi connectivity index (χ0) is 21.5. The number of carbonyl (C=O) groups excluding carboxylic acids is 1. The highest BCUT2D eigenvalue weighted by molar-refractivity contribution is 6.67. The van der Waals surface area contributed by atoms with E-state index in [-0.39, 0.29) is 11.5 Å². The first-order valence-corrected chi connectivity index (χ1v) is 11.4. The van der Waals surface area contributed by atoms with Gasteiger partial charge in [0.15, 0.2) is 5.65 Å². The number of rotatable bonds is 5. The molecule has 2 unspecified atom stereocenters. The van der Waals surface area contributed by atoms with E-state index >= 15 is 0 Å². The van der Waals surface area contributed by atoms with Crippen LogP contribution in [0.25, 0.3) is 11.0 Å². The number of nitrogens with zero attached hydrogens (tertiary/aromatic N) is 4. The molecule has 2 aromatic heterocycles. The number of fused-ring (bicyclic) bond motifs is 1. The summed E-state index contributed by atoms with van der Waals surface area (Å²) in [6.45, 7) is 4.73. The fourth-order valence-electron chi connectivity index (χ4n) is 5.10. The lowest BCUT2D eigenvalue weighted by molar-refractivity contribution is 0.108. The summed E-state index contributed by atoms with van der Waals surface area (Å²) in [5.41, 5.74) is 2.26. The van der Waals surface area contributed by atoms with Crippen LogP contribution in [-0.4, -0.2) is 43.0 Å². The Hall–Kier alpha value is -2.51. The van der Waals surface area contributed by atoms with Crippen LogP contribution in [0.3, 0.4) is 0 Å². The van der Waals surface area contributed by atoms with Gasteiger partial charge >= 0.3 is 0 Å². The molecular formula is C23H26ClN5O2. The van der Waals surface area contributed by atoms with Crippen molar-refractivity contribution in [2.45, 2.75) is 51.1 Å². The number of halogens is 1. The van der Waals surface area contributed by atoms with Gasteiger partial charge in [0.25, 0.3) is 10.8 Å². The van der Waals surface area contributed by atoms with Crippen LogP contribution in [0.2, 0.25) is 0 Å². The molecule has 0 radical (unpaired) electrons. The largest absolute Gasteiger partial charge is 0.310 e. The third-order valence-corrected chi connectivity index (χ3v) is 7.00. The SMILES string of the molecule is CC1CN(Cc2ccc(C(=O)Cl)cc2)CC1c1nc2c(cnn2C2CCCC2)c(=O)[nH]1. The molecule has 8 heteroatoms. The summed E-state index contributed by atoms with van der Waals surface area (Å²) in [7, 11) is 0. The summed E-state index contributed by atoms with van der Waals surface area (Å²) in [5, 5.41) is 4.64. The van der Waals surface area contributed by atoms with E-state index in [9.17, 15) is 9.59 Å². The van der Waals surface area contributed by atoms with Crippen molar-refractivity contribution >= 4 is 27.9 Å². The second-order valence-corrected chi connectivity index (χ2v) is 9.31. The third-order valence-electron chi connectivity index (χ3n) is 6.78. The number of nitrogens with one attached hydrogen (secondary N) is 1. The highest BCUT2D eigenvalue weighted by atomic mass is 35.5. The van der Waals surface area contributed by atoms with Gasteiger partial charge in [-0.2, -0.15) is 5.10 Å². The predicted molar refractivity (Wildman–Crippen MR) is 119 cm³/mol. The van der Waals surface area contributed by atoms with Crippen LogP contribution in [-0.2, 0) is 6.54 Å². The van der Waals surface area contributed by atoms with E-state index < -0.39 is 5.24 Å². The summed E-state index contributed by atoms with van der Waals surface area (Å²) in [6, 6.07) is 7.76. The van der Waals surface area contributed by atoms with E-state index in [1.54, 1.807) is 18.3 Å². The van der Waals surface area contributed by atoms with E-state index in [1.807, 2.05) is 16.8 Å². The number of hydrogen-bond donors (Lipinski definition) is 1. The molecule has 2 aliphatic rings. The van der Waals surface area contributed by atoms with Gasteiger partial charge in [-0.25, -0.2) is 9.67 Å². The quantitative estimate of drug-likeness (QED) is 0.610. The van der Waals surface area contributed by atoms with Crippen molar-refractivity contribution in [1.29, 1.82) is 0 Å². The van der Waals surface area contributed by atoms with Crippen molar-refractivity contribution in [3.8, 4) is 0 Å². The van der Waals surface area contributed by atoms with Crippen molar-refractivity contribution in [2.75, 3.05) is 13.1 Å². The van der Waals surface area contributed by atoms with Gasteiger partial charge < -0.3 is 4.98 Å². The first-order chi connectivity index (χ1) is 15.0. The number of aromatic amines is 1. The van der Waals surface area contributed by atoms with Crippen LogP contribution < -0.4 is 5.56 Å². The molecule has 1 aliphatic heterocycles. The number of benzene rings is 1. The molecule has 2 fully saturated rings. The number of aromatic nitrogens is 4. The van der Waals surface area contributed by atoms with E-state index in [0.717, 1.165) is 49.5 Å². The first kappa shape index (κ1) is 20.4. The fourth-order valence-corrected chi connectivity index (χ4v) is 5.22. The molecule has 0 spiro atoms. The summed E-state index contributed by atoms with van der Waals surface area (Å²) < 4.78 is 1.97. The Bertz CT molecular complexity index is 1160. The first-order valence-electron chi connectivity index (χ1n) is 11.0. The van der Waals surface area contributed by atoms with Crippen LogP contribution in [0.4, 0.5) is 0 Å². The van der Waals surface area contributed by atoms with Gasteiger partial charge in [0.1, 0.15) is 11.2 Å². The van der Waals surface area contributed by atoms with E-state index in [2.05, 4.69) is 21.9 Å². The zero-order valence-electron chi connectivity index (χ0n) is 17.6. The normalized spacial score (nSPS) is 22.5. The van der Waals surface area contributed by atoms with Gasteiger partial charge in [-0.3, -0.25) is 14.5 Å². The van der Waals surface area contributed by atoms with Crippen molar-refractivity contribution in [3.63, 3.8) is 0 Å². The molecule has 1 aliphatic carbocycles. The number of H-pyrrole nitrogens is 1. The lowest BCUT2D eigenvalue weighted by atomic mass is 9.97. The highest BCUT2D eigenvalue weighted by Crippen LogP contribution is 2.33. The minimum absolute atomic E-state index is 0.101. The molecule has 1 aromatic carbocycles. The molecule has 2 atom stereocenters. The fraction of sp³-hybridized carbons (Fsp3) is 0.478. The standard InChI is InChI=1S/C23H26ClN5O2/c1-14-11-28(12-15-6-8-16(9-7-15)20(24)30)13-19(14)21-26-22-18(23(31)27-21)10-25-29(22)17-4-2-3-5-17/h6-10,14,17,19H,2-5,11-13H2,1H3,(H,26,27,31). The lowest BCUT2D eigenvalue weighted by Crippen LogP contribution is -2.21. The maximum atomic E-state index is 12.7. The van der Waals surface area contributed by atoms with E-state index in [4.69, 9.17) is 16.6 Å². The van der Waals surface area contributed by atoms with Crippen LogP contribution in [0.5, 0.6) is 0 Å². The minimum atomic E-state index is -0.441. The predicted octanol–water partition coefficient (Wildman–Crippen LogP) is 3.85. The Balaban J connectivity index is 1.38. The van der Waals surface area contributed by atoms with Gasteiger partial charge in [-0.05, 0) is 48.1 Å². The van der Waals surface area contributed by atoms with Crippen LogP contribution in [0.1, 0.15) is 66.3 Å². The summed E-state index contributed by atoms with van der Waals surface area (Å²) in [5.74, 6) is 1.29. The van der Waals surface area contributed by atoms with Crippen molar-refractivity contribution in [3.05, 3.63) is 57.8 Å². The molecule has 1 N–H and O–H groups in total. The topological polar surface area (TPSA) is 83.9 Å². The van der Waals surface area contributed by atoms with Gasteiger partial charge in [-0.15, -0.1) is 0 Å². The highest BCUT2D eigenvalue weighted by Gasteiger charge is 2.33. The molecular weight excluding hydrogens is 414 g/mol. The molecule has 0 bridgehead atoms. The van der Waals surface area contributed by atoms with E-state index in [0.29, 0.717) is 22.9 Å². The molecule has 1 saturated heterocycles.